The fourth-order valence-electron chi connectivity index (χ4n) is 3.52. The highest BCUT2D eigenvalue weighted by atomic mass is 127. The Morgan fingerprint density at radius 1 is 1.31 bits per heavy atom. The third kappa shape index (κ3) is 5.28. The van der Waals surface area contributed by atoms with Gasteiger partial charge in [-0.2, -0.15) is 11.8 Å². The molecule has 1 amide bonds. The van der Waals surface area contributed by atoms with Gasteiger partial charge in [0, 0.05) is 30.6 Å². The third-order valence-corrected chi connectivity index (χ3v) is 6.51. The molecular weight excluding hydrogens is 459 g/mol. The van der Waals surface area contributed by atoms with Gasteiger partial charge in [-0.25, -0.2) is 0 Å². The lowest BCUT2D eigenvalue weighted by atomic mass is 10.0. The van der Waals surface area contributed by atoms with Crippen LogP contribution in [0.4, 0.5) is 5.69 Å². The van der Waals surface area contributed by atoms with Crippen LogP contribution in [0.2, 0.25) is 0 Å². The molecule has 2 aliphatic rings. The summed E-state index contributed by atoms with van der Waals surface area (Å²) in [6.45, 7) is 4.22. The molecule has 2 aliphatic heterocycles. The number of fused-ring (bicyclic) bond motifs is 1. The van der Waals surface area contributed by atoms with E-state index in [9.17, 15) is 4.79 Å². The van der Waals surface area contributed by atoms with Crippen molar-refractivity contribution in [1.29, 1.82) is 0 Å². The minimum atomic E-state index is 0. The van der Waals surface area contributed by atoms with Crippen LogP contribution < -0.4 is 15.5 Å². The topological polar surface area (TPSA) is 56.7 Å². The Hall–Kier alpha value is -0.960. The van der Waals surface area contributed by atoms with Gasteiger partial charge in [-0.3, -0.25) is 9.79 Å². The molecule has 1 atom stereocenters. The second kappa shape index (κ2) is 9.82. The van der Waals surface area contributed by atoms with Crippen LogP contribution in [0, 0.1) is 0 Å². The zero-order valence-electron chi connectivity index (χ0n) is 15.6. The summed E-state index contributed by atoms with van der Waals surface area (Å²) in [5, 5.41) is 6.55. The number of rotatable bonds is 4. The van der Waals surface area contributed by atoms with Crippen molar-refractivity contribution in [3.8, 4) is 0 Å². The average molecular weight is 488 g/mol. The highest BCUT2D eigenvalue weighted by molar-refractivity contribution is 14.0. The smallest absolute Gasteiger partial charge is 0.246 e. The molecule has 0 bridgehead atoms. The first-order chi connectivity index (χ1) is 12.1. The number of carbonyl (C=O) groups is 1. The van der Waals surface area contributed by atoms with E-state index in [0.717, 1.165) is 31.6 Å². The molecule has 1 fully saturated rings. The number of halogens is 1. The summed E-state index contributed by atoms with van der Waals surface area (Å²) < 4.78 is 0.271. The van der Waals surface area contributed by atoms with Crippen molar-refractivity contribution in [3.05, 3.63) is 29.8 Å². The summed E-state index contributed by atoms with van der Waals surface area (Å²) in [5.41, 5.74) is 2.31. The van der Waals surface area contributed by atoms with E-state index >= 15 is 0 Å². The molecule has 5 nitrogen and oxygen atoms in total. The van der Waals surface area contributed by atoms with Gasteiger partial charge in [0.2, 0.25) is 5.91 Å². The molecule has 7 heteroatoms. The van der Waals surface area contributed by atoms with E-state index < -0.39 is 0 Å². The van der Waals surface area contributed by atoms with Crippen LogP contribution in [0.5, 0.6) is 0 Å². The monoisotopic (exact) mass is 488 g/mol. The number of thioether (sulfide) groups is 1. The molecule has 0 aliphatic carbocycles. The lowest BCUT2D eigenvalue weighted by Gasteiger charge is -2.30. The molecular formula is C19H29IN4OS. The Labute approximate surface area is 177 Å². The average Bonchev–Trinajstić information content (AvgIpc) is 3.08. The summed E-state index contributed by atoms with van der Waals surface area (Å²) in [7, 11) is 1.75. The van der Waals surface area contributed by atoms with E-state index in [1.165, 1.54) is 24.2 Å². The van der Waals surface area contributed by atoms with Crippen molar-refractivity contribution in [3.63, 3.8) is 0 Å². The first kappa shape index (κ1) is 21.3. The summed E-state index contributed by atoms with van der Waals surface area (Å²) in [6, 6.07) is 8.19. The summed E-state index contributed by atoms with van der Waals surface area (Å²) in [5.74, 6) is 2.03. The highest BCUT2D eigenvalue weighted by Crippen LogP contribution is 2.36. The van der Waals surface area contributed by atoms with Gasteiger partial charge in [0.15, 0.2) is 5.96 Å². The number of carbonyl (C=O) groups excluding carboxylic acids is 1. The molecule has 0 spiro atoms. The van der Waals surface area contributed by atoms with E-state index in [1.807, 2.05) is 34.9 Å². The molecule has 0 aromatic heterocycles. The van der Waals surface area contributed by atoms with Crippen molar-refractivity contribution in [2.24, 2.45) is 4.99 Å². The van der Waals surface area contributed by atoms with Crippen molar-refractivity contribution in [2.75, 3.05) is 37.3 Å². The number of anilines is 1. The van der Waals surface area contributed by atoms with Gasteiger partial charge < -0.3 is 15.5 Å². The van der Waals surface area contributed by atoms with Crippen LogP contribution in [-0.4, -0.2) is 49.0 Å². The Bertz CT molecular complexity index is 646. The van der Waals surface area contributed by atoms with E-state index in [0.29, 0.717) is 5.96 Å². The largest absolute Gasteiger partial charge is 0.355 e. The predicted octanol–water partition coefficient (Wildman–Crippen LogP) is 3.03. The van der Waals surface area contributed by atoms with E-state index in [1.54, 1.807) is 7.05 Å². The molecule has 1 saturated heterocycles. The fourth-order valence-corrected chi connectivity index (χ4v) is 4.76. The number of guanidine groups is 1. The standard InChI is InChI=1S/C19H28N4OS.HI/c1-19(10-6-12-25-19)14-22-18(20-2)21-13-17(24)23-11-5-8-15-7-3-4-9-16(15)23;/h3-4,7,9H,5-6,8,10-14H2,1-2H3,(H2,20,21,22);1H. The molecule has 144 valence electrons. The Morgan fingerprint density at radius 2 is 2.12 bits per heavy atom. The van der Waals surface area contributed by atoms with Crippen LogP contribution in [0.25, 0.3) is 0 Å². The Balaban J connectivity index is 0.00000243. The number of amides is 1. The maximum Gasteiger partial charge on any atom is 0.246 e. The van der Waals surface area contributed by atoms with Crippen LogP contribution in [-0.2, 0) is 11.2 Å². The van der Waals surface area contributed by atoms with Gasteiger partial charge in [0.05, 0.1) is 6.54 Å². The molecule has 1 aromatic carbocycles. The Kier molecular flexibility index (Phi) is 8.06. The first-order valence-corrected chi connectivity index (χ1v) is 10.1. The van der Waals surface area contributed by atoms with Crippen molar-refractivity contribution < 1.29 is 4.79 Å². The van der Waals surface area contributed by atoms with Gasteiger partial charge in [-0.1, -0.05) is 18.2 Å². The number of nitrogens with zero attached hydrogens (tertiary/aromatic N) is 2. The van der Waals surface area contributed by atoms with Crippen LogP contribution in [0.1, 0.15) is 31.7 Å². The fraction of sp³-hybridized carbons (Fsp3) is 0.579. The normalized spacial score (nSPS) is 22.4. The number of para-hydroxylation sites is 1. The summed E-state index contributed by atoms with van der Waals surface area (Å²) >= 11 is 2.02. The molecule has 0 radical (unpaired) electrons. The molecule has 2 heterocycles. The predicted molar refractivity (Wildman–Crippen MR) is 122 cm³/mol. The Morgan fingerprint density at radius 3 is 2.85 bits per heavy atom. The van der Waals surface area contributed by atoms with Gasteiger partial charge in [0.1, 0.15) is 0 Å². The van der Waals surface area contributed by atoms with Crippen molar-refractivity contribution >= 4 is 53.3 Å². The number of aliphatic imine (C=N–C) groups is 1. The lowest BCUT2D eigenvalue weighted by Crippen LogP contribution is -2.48. The molecule has 1 unspecified atom stereocenters. The van der Waals surface area contributed by atoms with E-state index in [4.69, 9.17) is 0 Å². The number of hydrogen-bond donors (Lipinski definition) is 2. The van der Waals surface area contributed by atoms with E-state index in [2.05, 4.69) is 28.6 Å². The van der Waals surface area contributed by atoms with Gasteiger partial charge in [-0.05, 0) is 50.0 Å². The molecule has 1 aromatic rings. The maximum atomic E-state index is 12.7. The van der Waals surface area contributed by atoms with Crippen molar-refractivity contribution in [2.45, 2.75) is 37.4 Å². The first-order valence-electron chi connectivity index (χ1n) is 9.08. The van der Waals surface area contributed by atoms with Gasteiger partial charge in [0.25, 0.3) is 0 Å². The number of hydrogen-bond acceptors (Lipinski definition) is 3. The quantitative estimate of drug-likeness (QED) is 0.389. The lowest BCUT2D eigenvalue weighted by molar-refractivity contribution is -0.117. The molecule has 2 N–H and O–H groups in total. The second-order valence-electron chi connectivity index (χ2n) is 6.96. The SMILES string of the molecule is CN=C(NCC(=O)N1CCCc2ccccc21)NCC1(C)CCCS1.I. The second-order valence-corrected chi connectivity index (χ2v) is 8.64. The van der Waals surface area contributed by atoms with Gasteiger partial charge in [-0.15, -0.1) is 24.0 Å². The van der Waals surface area contributed by atoms with Crippen LogP contribution in [0.15, 0.2) is 29.3 Å². The number of benzene rings is 1. The maximum absolute atomic E-state index is 12.7. The van der Waals surface area contributed by atoms with Crippen LogP contribution >= 0.6 is 35.7 Å². The third-order valence-electron chi connectivity index (χ3n) is 4.97. The number of aryl methyl sites for hydroxylation is 1. The minimum Gasteiger partial charge on any atom is -0.355 e. The number of nitrogens with one attached hydrogen (secondary N) is 2. The molecule has 26 heavy (non-hydrogen) atoms. The summed E-state index contributed by atoms with van der Waals surface area (Å²) in [4.78, 5) is 18.8. The molecule has 0 saturated carbocycles. The molecule has 3 rings (SSSR count). The van der Waals surface area contributed by atoms with Crippen molar-refractivity contribution in [1.82, 2.24) is 10.6 Å². The highest BCUT2D eigenvalue weighted by Gasteiger charge is 2.29. The van der Waals surface area contributed by atoms with Crippen LogP contribution in [0.3, 0.4) is 0 Å². The zero-order valence-corrected chi connectivity index (χ0v) is 18.7. The zero-order chi connectivity index (χ0) is 17.7. The summed E-state index contributed by atoms with van der Waals surface area (Å²) in [6.07, 6.45) is 4.57. The minimum absolute atomic E-state index is 0. The van der Waals surface area contributed by atoms with E-state index in [-0.39, 0.29) is 41.2 Å². The van der Waals surface area contributed by atoms with Gasteiger partial charge >= 0.3 is 0 Å².